The number of rotatable bonds is 17. The molecule has 5 rings (SSSR count). The molecule has 0 atom stereocenters. The summed E-state index contributed by atoms with van der Waals surface area (Å²) < 4.78 is 44.6. The Labute approximate surface area is 313 Å². The van der Waals surface area contributed by atoms with Gasteiger partial charge in [-0.05, 0) is 51.9 Å². The van der Waals surface area contributed by atoms with Crippen molar-refractivity contribution in [1.82, 2.24) is 15.2 Å². The summed E-state index contributed by atoms with van der Waals surface area (Å²) in [6.45, 7) is 10.7. The molecule has 0 saturated carbocycles. The maximum absolute atomic E-state index is 15.2. The van der Waals surface area contributed by atoms with Crippen molar-refractivity contribution in [2.45, 2.75) is 32.7 Å². The number of hydrogen-bond acceptors (Lipinski definition) is 10. The number of ether oxygens (including phenoxy) is 4. The van der Waals surface area contributed by atoms with Gasteiger partial charge < -0.3 is 23.4 Å². The molecule has 0 spiro atoms. The maximum Gasteiger partial charge on any atom is 0.295 e. The number of hydrogen-bond donors (Lipinski definition) is 1. The Kier molecular flexibility index (Phi) is 13.5. The van der Waals surface area contributed by atoms with Crippen molar-refractivity contribution in [2.75, 3.05) is 52.1 Å². The molecule has 0 fully saturated rings. The van der Waals surface area contributed by atoms with Crippen LogP contribution in [0.2, 0.25) is 10.1 Å². The number of methoxy groups -OCH3 is 1. The van der Waals surface area contributed by atoms with E-state index in [0.29, 0.717) is 38.7 Å². The van der Waals surface area contributed by atoms with Crippen molar-refractivity contribution in [1.29, 1.82) is 0 Å². The number of pyridine rings is 1. The van der Waals surface area contributed by atoms with Crippen LogP contribution in [-0.2, 0) is 13.9 Å². The first-order chi connectivity index (χ1) is 25.0. The Morgan fingerprint density at radius 3 is 2.12 bits per heavy atom. The van der Waals surface area contributed by atoms with Gasteiger partial charge in [-0.2, -0.15) is 0 Å². The van der Waals surface area contributed by atoms with E-state index in [-0.39, 0.29) is 49.4 Å². The summed E-state index contributed by atoms with van der Waals surface area (Å²) in [5.74, 6) is -1.05. The van der Waals surface area contributed by atoms with E-state index >= 15 is 4.39 Å². The Morgan fingerprint density at radius 1 is 0.885 bits per heavy atom. The molecular formula is C38H42ClFN4O6SSi. The van der Waals surface area contributed by atoms with Crippen LogP contribution in [-0.4, -0.2) is 76.2 Å². The summed E-state index contributed by atoms with van der Waals surface area (Å²) in [6, 6.07) is 25.5. The van der Waals surface area contributed by atoms with Crippen molar-refractivity contribution in [3.05, 3.63) is 107 Å². The van der Waals surface area contributed by atoms with E-state index in [0.717, 1.165) is 11.3 Å². The molecule has 0 bridgehead atoms. The van der Waals surface area contributed by atoms with Crippen LogP contribution in [0.25, 0.3) is 11.1 Å². The lowest BCUT2D eigenvalue weighted by Crippen LogP contribution is -2.66. The SMILES string of the molecule is COc1ccc(Cl)c(F)c1-c1cc(C)ncc1C(=O)Nc1nnc(OCCOCCOCCO[Si](c2ccccc2)(c2ccccc2)C(C)(C)C)s1. The van der Waals surface area contributed by atoms with Crippen LogP contribution in [0.3, 0.4) is 0 Å². The van der Waals surface area contributed by atoms with Crippen molar-refractivity contribution in [3.8, 4) is 22.1 Å². The number of halogens is 2. The molecule has 0 unspecified atom stereocenters. The van der Waals surface area contributed by atoms with Gasteiger partial charge in [0, 0.05) is 17.5 Å². The fourth-order valence-electron chi connectivity index (χ4n) is 5.91. The van der Waals surface area contributed by atoms with E-state index in [1.54, 1.807) is 13.0 Å². The third kappa shape index (κ3) is 9.21. The summed E-state index contributed by atoms with van der Waals surface area (Å²) >= 11 is 7.10. The number of amides is 1. The Bertz CT molecular complexity index is 1890. The van der Waals surface area contributed by atoms with E-state index in [9.17, 15) is 4.79 Å². The monoisotopic (exact) mass is 764 g/mol. The molecule has 0 saturated heterocycles. The van der Waals surface area contributed by atoms with Gasteiger partial charge in [0.05, 0.1) is 56.3 Å². The molecule has 1 N–H and O–H groups in total. The van der Waals surface area contributed by atoms with E-state index in [2.05, 4.69) is 89.8 Å². The number of carbonyl (C=O) groups is 1. The fourth-order valence-corrected chi connectivity index (χ4v) is 11.2. The van der Waals surface area contributed by atoms with Crippen molar-refractivity contribution in [2.24, 2.45) is 0 Å². The van der Waals surface area contributed by atoms with Gasteiger partial charge in [0.25, 0.3) is 19.4 Å². The van der Waals surface area contributed by atoms with Gasteiger partial charge in [0.15, 0.2) is 5.82 Å². The van der Waals surface area contributed by atoms with E-state index in [4.69, 9.17) is 35.0 Å². The van der Waals surface area contributed by atoms with Crippen molar-refractivity contribution in [3.63, 3.8) is 0 Å². The standard InChI is InChI=1S/C38H42ClFN4O6SSi/c1-26-24-29(33-32(46-5)17-16-31(39)34(33)40)30(25-41-26)35(45)42-36-43-44-37(51-36)49-22-20-47-18-19-48-21-23-50-52(38(2,3)4,27-12-8-6-9-13-27)28-14-10-7-11-15-28/h6-17,24-25H,18-23H2,1-5H3,(H,42,43,45). The molecule has 0 aliphatic carbocycles. The van der Waals surface area contributed by atoms with Crippen LogP contribution in [0.15, 0.2) is 85.1 Å². The number of aryl methyl sites for hydroxylation is 1. The molecule has 3 aromatic carbocycles. The van der Waals surface area contributed by atoms with Crippen molar-refractivity contribution < 1.29 is 32.6 Å². The Balaban J connectivity index is 1.06. The lowest BCUT2D eigenvalue weighted by molar-refractivity contribution is 0.0263. The zero-order valence-electron chi connectivity index (χ0n) is 29.8. The van der Waals surface area contributed by atoms with Gasteiger partial charge >= 0.3 is 0 Å². The normalized spacial score (nSPS) is 11.8. The zero-order valence-corrected chi connectivity index (χ0v) is 32.4. The Hall–Kier alpha value is -4.24. The largest absolute Gasteiger partial charge is 0.496 e. The van der Waals surface area contributed by atoms with Crippen molar-refractivity contribution >= 4 is 52.7 Å². The van der Waals surface area contributed by atoms with Gasteiger partial charge in [-0.3, -0.25) is 15.1 Å². The van der Waals surface area contributed by atoms with Gasteiger partial charge in [-0.25, -0.2) is 4.39 Å². The minimum Gasteiger partial charge on any atom is -0.496 e. The average Bonchev–Trinajstić information content (AvgIpc) is 3.58. The number of anilines is 1. The predicted octanol–water partition coefficient (Wildman–Crippen LogP) is 6.95. The van der Waals surface area contributed by atoms with E-state index in [1.807, 2.05) is 12.1 Å². The molecule has 52 heavy (non-hydrogen) atoms. The van der Waals surface area contributed by atoms with Gasteiger partial charge in [-0.15, -0.1) is 5.10 Å². The molecule has 2 heterocycles. The van der Waals surface area contributed by atoms with Crippen LogP contribution in [0.1, 0.15) is 36.8 Å². The lowest BCUT2D eigenvalue weighted by atomic mass is 9.98. The molecule has 0 radical (unpaired) electrons. The minimum atomic E-state index is -2.61. The van der Waals surface area contributed by atoms with E-state index in [1.165, 1.54) is 35.8 Å². The maximum atomic E-state index is 15.2. The third-order valence-corrected chi connectivity index (χ3v) is 14.3. The molecule has 1 amide bonds. The molecule has 2 aromatic heterocycles. The summed E-state index contributed by atoms with van der Waals surface area (Å²) in [7, 11) is -1.19. The quantitative estimate of drug-likeness (QED) is 0.0794. The Morgan fingerprint density at radius 2 is 1.50 bits per heavy atom. The number of carbonyl (C=O) groups excluding carboxylic acids is 1. The average molecular weight is 765 g/mol. The highest BCUT2D eigenvalue weighted by Gasteiger charge is 2.50. The lowest BCUT2D eigenvalue weighted by Gasteiger charge is -2.43. The van der Waals surface area contributed by atoms with E-state index < -0.39 is 20.0 Å². The van der Waals surface area contributed by atoms with Crippen LogP contribution in [0.4, 0.5) is 9.52 Å². The van der Waals surface area contributed by atoms with Crippen LogP contribution < -0.4 is 25.2 Å². The third-order valence-electron chi connectivity index (χ3n) is 8.25. The second-order valence-electron chi connectivity index (χ2n) is 12.7. The van der Waals surface area contributed by atoms with Crippen LogP contribution in [0.5, 0.6) is 10.9 Å². The first-order valence-corrected chi connectivity index (χ1v) is 19.8. The second-order valence-corrected chi connectivity index (χ2v) is 18.4. The van der Waals surface area contributed by atoms with Crippen LogP contribution in [0, 0.1) is 12.7 Å². The molecule has 5 aromatic rings. The molecule has 14 heteroatoms. The van der Waals surface area contributed by atoms with Gasteiger partial charge in [-0.1, -0.05) is 98.1 Å². The number of nitrogens with one attached hydrogen (secondary N) is 1. The number of nitrogens with zero attached hydrogens (tertiary/aromatic N) is 3. The first kappa shape index (κ1) is 39.0. The number of benzene rings is 3. The van der Waals surface area contributed by atoms with Gasteiger partial charge in [0.2, 0.25) is 5.13 Å². The molecule has 10 nitrogen and oxygen atoms in total. The zero-order chi connectivity index (χ0) is 37.1. The summed E-state index contributed by atoms with van der Waals surface area (Å²) in [5, 5.41) is 13.4. The fraction of sp³-hybridized carbons (Fsp3) is 0.316. The van der Waals surface area contributed by atoms with Gasteiger partial charge in [0.1, 0.15) is 12.4 Å². The highest BCUT2D eigenvalue weighted by molar-refractivity contribution is 7.17. The molecule has 274 valence electrons. The molecule has 0 aliphatic heterocycles. The second kappa shape index (κ2) is 18.0. The summed E-state index contributed by atoms with van der Waals surface area (Å²) in [6.07, 6.45) is 1.36. The smallest absolute Gasteiger partial charge is 0.295 e. The highest BCUT2D eigenvalue weighted by atomic mass is 35.5. The minimum absolute atomic E-state index is 0.0565. The molecular weight excluding hydrogens is 723 g/mol. The highest BCUT2D eigenvalue weighted by Crippen LogP contribution is 2.39. The summed E-state index contributed by atoms with van der Waals surface area (Å²) in [5.41, 5.74) is 1.01. The first-order valence-electron chi connectivity index (χ1n) is 16.7. The number of aromatic nitrogens is 3. The topological polar surface area (TPSA) is 114 Å². The predicted molar refractivity (Wildman–Crippen MR) is 204 cm³/mol. The summed E-state index contributed by atoms with van der Waals surface area (Å²) in [4.78, 5) is 17.5. The van der Waals surface area contributed by atoms with Crippen LogP contribution >= 0.6 is 22.9 Å². The molecule has 0 aliphatic rings.